The first-order valence-electron chi connectivity index (χ1n) is 7.75. The minimum atomic E-state index is -0.394. The van der Waals surface area contributed by atoms with E-state index in [9.17, 15) is 9.59 Å². The molecule has 0 aromatic heterocycles. The topological polar surface area (TPSA) is 76.7 Å². The van der Waals surface area contributed by atoms with Gasteiger partial charge in [-0.2, -0.15) is 0 Å². The van der Waals surface area contributed by atoms with Crippen molar-refractivity contribution in [1.82, 2.24) is 5.32 Å². The van der Waals surface area contributed by atoms with E-state index in [1.54, 1.807) is 55.7 Å². The Morgan fingerprint density at radius 2 is 1.81 bits per heavy atom. The number of carbonyl (C=O) groups is 2. The first kappa shape index (κ1) is 19.3. The number of benzene rings is 2. The molecule has 0 aliphatic heterocycles. The summed E-state index contributed by atoms with van der Waals surface area (Å²) in [7, 11) is 3.10. The minimum Gasteiger partial charge on any atom is -0.497 e. The van der Waals surface area contributed by atoms with Crippen molar-refractivity contribution in [3.05, 3.63) is 59.1 Å². The van der Waals surface area contributed by atoms with Crippen LogP contribution in [0.1, 0.15) is 5.56 Å². The molecule has 2 amide bonds. The number of methoxy groups -OCH3 is 2. The Kier molecular flexibility index (Phi) is 7.05. The standard InChI is InChI=1S/C19H19ClN2O4/c1-25-16-9-3-13(17(11-16)26-2)4-10-18(23)21-12-19(24)22-15-7-5-14(20)6-8-15/h3-11H,12H2,1-2H3,(H,21,23)(H,22,24)/b10-4+. The summed E-state index contributed by atoms with van der Waals surface area (Å²) in [6, 6.07) is 11.9. The summed E-state index contributed by atoms with van der Waals surface area (Å²) in [6.07, 6.45) is 2.94. The van der Waals surface area contributed by atoms with Crippen LogP contribution < -0.4 is 20.1 Å². The highest BCUT2D eigenvalue weighted by molar-refractivity contribution is 6.30. The van der Waals surface area contributed by atoms with Crippen LogP contribution in [0.4, 0.5) is 5.69 Å². The number of halogens is 1. The molecule has 0 spiro atoms. The van der Waals surface area contributed by atoms with Gasteiger partial charge in [0.2, 0.25) is 11.8 Å². The van der Waals surface area contributed by atoms with Crippen molar-refractivity contribution in [2.75, 3.05) is 26.1 Å². The number of amides is 2. The number of hydrogen-bond donors (Lipinski definition) is 2. The molecule has 0 radical (unpaired) electrons. The van der Waals surface area contributed by atoms with E-state index in [2.05, 4.69) is 10.6 Å². The van der Waals surface area contributed by atoms with Crippen molar-refractivity contribution < 1.29 is 19.1 Å². The molecule has 0 fully saturated rings. The Hall–Kier alpha value is -2.99. The molecule has 0 heterocycles. The number of rotatable bonds is 7. The van der Waals surface area contributed by atoms with E-state index in [-0.39, 0.29) is 12.5 Å². The Labute approximate surface area is 156 Å². The number of hydrogen-bond acceptors (Lipinski definition) is 4. The maximum absolute atomic E-state index is 11.9. The maximum Gasteiger partial charge on any atom is 0.244 e. The number of ether oxygens (including phenoxy) is 2. The van der Waals surface area contributed by atoms with Gasteiger partial charge in [0.1, 0.15) is 11.5 Å². The molecule has 136 valence electrons. The summed E-state index contributed by atoms with van der Waals surface area (Å²) in [5.74, 6) is 0.501. The van der Waals surface area contributed by atoms with Gasteiger partial charge < -0.3 is 20.1 Å². The molecule has 0 bridgehead atoms. The van der Waals surface area contributed by atoms with Gasteiger partial charge in [-0.05, 0) is 42.5 Å². The van der Waals surface area contributed by atoms with Crippen molar-refractivity contribution in [3.63, 3.8) is 0 Å². The number of nitrogens with one attached hydrogen (secondary N) is 2. The van der Waals surface area contributed by atoms with E-state index < -0.39 is 5.91 Å². The molecular weight excluding hydrogens is 356 g/mol. The lowest BCUT2D eigenvalue weighted by Crippen LogP contribution is -2.31. The van der Waals surface area contributed by atoms with Crippen LogP contribution in [0.25, 0.3) is 6.08 Å². The summed E-state index contributed by atoms with van der Waals surface area (Å²) < 4.78 is 10.4. The molecule has 2 aromatic rings. The smallest absolute Gasteiger partial charge is 0.244 e. The van der Waals surface area contributed by atoms with Crippen molar-refractivity contribution in [1.29, 1.82) is 0 Å². The summed E-state index contributed by atoms with van der Waals surface area (Å²) >= 11 is 5.78. The quantitative estimate of drug-likeness (QED) is 0.730. The third kappa shape index (κ3) is 5.82. The summed E-state index contributed by atoms with van der Waals surface area (Å²) in [6.45, 7) is -0.147. The normalized spacial score (nSPS) is 10.4. The molecule has 0 unspecified atom stereocenters. The molecule has 0 aliphatic carbocycles. The molecule has 0 aliphatic rings. The molecular formula is C19H19ClN2O4. The zero-order chi connectivity index (χ0) is 18.9. The number of carbonyl (C=O) groups excluding carboxylic acids is 2. The maximum atomic E-state index is 11.9. The highest BCUT2D eigenvalue weighted by Gasteiger charge is 2.05. The highest BCUT2D eigenvalue weighted by atomic mass is 35.5. The Balaban J connectivity index is 1.87. The Bertz CT molecular complexity index is 804. The van der Waals surface area contributed by atoms with Gasteiger partial charge in [0.15, 0.2) is 0 Å². The van der Waals surface area contributed by atoms with E-state index in [0.29, 0.717) is 27.8 Å². The Morgan fingerprint density at radius 1 is 1.08 bits per heavy atom. The lowest BCUT2D eigenvalue weighted by atomic mass is 10.1. The van der Waals surface area contributed by atoms with Crippen LogP contribution in [0, 0.1) is 0 Å². The van der Waals surface area contributed by atoms with Gasteiger partial charge in [0.05, 0.1) is 20.8 Å². The monoisotopic (exact) mass is 374 g/mol. The van der Waals surface area contributed by atoms with Crippen LogP contribution >= 0.6 is 11.6 Å². The zero-order valence-electron chi connectivity index (χ0n) is 14.4. The van der Waals surface area contributed by atoms with Gasteiger partial charge in [-0.1, -0.05) is 11.6 Å². The van der Waals surface area contributed by atoms with Crippen molar-refractivity contribution in [3.8, 4) is 11.5 Å². The predicted molar refractivity (Wildman–Crippen MR) is 102 cm³/mol. The van der Waals surface area contributed by atoms with Gasteiger partial charge >= 0.3 is 0 Å². The molecule has 26 heavy (non-hydrogen) atoms. The fourth-order valence-corrected chi connectivity index (χ4v) is 2.21. The number of anilines is 1. The third-order valence-electron chi connectivity index (χ3n) is 3.41. The van der Waals surface area contributed by atoms with E-state index in [1.807, 2.05) is 0 Å². The van der Waals surface area contributed by atoms with Gasteiger partial charge in [-0.3, -0.25) is 9.59 Å². The van der Waals surface area contributed by atoms with Crippen LogP contribution in [0.15, 0.2) is 48.5 Å². The molecule has 2 aromatic carbocycles. The van der Waals surface area contributed by atoms with Crippen molar-refractivity contribution >= 4 is 35.2 Å². The molecule has 6 nitrogen and oxygen atoms in total. The summed E-state index contributed by atoms with van der Waals surface area (Å²) in [5.41, 5.74) is 1.32. The van der Waals surface area contributed by atoms with E-state index in [0.717, 1.165) is 0 Å². The molecule has 7 heteroatoms. The molecule has 2 rings (SSSR count). The largest absolute Gasteiger partial charge is 0.497 e. The van der Waals surface area contributed by atoms with Gasteiger partial charge in [-0.15, -0.1) is 0 Å². The van der Waals surface area contributed by atoms with E-state index >= 15 is 0 Å². The van der Waals surface area contributed by atoms with Gasteiger partial charge in [0.25, 0.3) is 0 Å². The van der Waals surface area contributed by atoms with Crippen LogP contribution in [0.5, 0.6) is 11.5 Å². The second-order valence-corrected chi connectivity index (χ2v) is 5.65. The van der Waals surface area contributed by atoms with Gasteiger partial charge in [-0.25, -0.2) is 0 Å². The highest BCUT2D eigenvalue weighted by Crippen LogP contribution is 2.25. The second kappa shape index (κ2) is 9.48. The first-order chi connectivity index (χ1) is 12.5. The van der Waals surface area contributed by atoms with Crippen LogP contribution in [-0.4, -0.2) is 32.6 Å². The average molecular weight is 375 g/mol. The Morgan fingerprint density at radius 3 is 2.46 bits per heavy atom. The van der Waals surface area contributed by atoms with Crippen LogP contribution in [0.2, 0.25) is 5.02 Å². The van der Waals surface area contributed by atoms with Gasteiger partial charge in [0, 0.05) is 28.4 Å². The molecule has 0 saturated heterocycles. The molecule has 0 atom stereocenters. The summed E-state index contributed by atoms with van der Waals surface area (Å²) in [5, 5.41) is 5.75. The first-order valence-corrected chi connectivity index (χ1v) is 8.13. The molecule has 0 saturated carbocycles. The lowest BCUT2D eigenvalue weighted by Gasteiger charge is -2.07. The predicted octanol–water partition coefficient (Wildman–Crippen LogP) is 3.13. The van der Waals surface area contributed by atoms with Crippen LogP contribution in [0.3, 0.4) is 0 Å². The zero-order valence-corrected chi connectivity index (χ0v) is 15.2. The second-order valence-electron chi connectivity index (χ2n) is 5.21. The SMILES string of the molecule is COc1ccc(/C=C/C(=O)NCC(=O)Nc2ccc(Cl)cc2)c(OC)c1. The minimum absolute atomic E-state index is 0.147. The average Bonchev–Trinajstić information content (AvgIpc) is 2.66. The lowest BCUT2D eigenvalue weighted by molar-refractivity contribution is -0.121. The third-order valence-corrected chi connectivity index (χ3v) is 3.66. The fourth-order valence-electron chi connectivity index (χ4n) is 2.09. The fraction of sp³-hybridized carbons (Fsp3) is 0.158. The van der Waals surface area contributed by atoms with E-state index in [1.165, 1.54) is 13.2 Å². The van der Waals surface area contributed by atoms with Crippen molar-refractivity contribution in [2.45, 2.75) is 0 Å². The van der Waals surface area contributed by atoms with E-state index in [4.69, 9.17) is 21.1 Å². The van der Waals surface area contributed by atoms with Crippen LogP contribution in [-0.2, 0) is 9.59 Å². The van der Waals surface area contributed by atoms with Crippen molar-refractivity contribution in [2.24, 2.45) is 0 Å². The summed E-state index contributed by atoms with van der Waals surface area (Å²) in [4.78, 5) is 23.7. The molecule has 2 N–H and O–H groups in total.